The van der Waals surface area contributed by atoms with Crippen molar-refractivity contribution in [1.29, 1.82) is 0 Å². The van der Waals surface area contributed by atoms with E-state index in [2.05, 4.69) is 33.8 Å². The van der Waals surface area contributed by atoms with Crippen LogP contribution in [-0.4, -0.2) is 17.5 Å². The standard InChI is InChI=1S/C16H26O2/c1-13(2)8-7-9-15(5)11(13)10-12-16(15,6)18-14(3,4)17-12/h10,12H,7-9H2,1-6H3/t12-,15-,16-/m1/s1. The largest absolute Gasteiger partial charge is 0.340 e. The van der Waals surface area contributed by atoms with Gasteiger partial charge < -0.3 is 9.47 Å². The molecule has 2 fully saturated rings. The third kappa shape index (κ3) is 1.36. The Hall–Kier alpha value is -0.340. The van der Waals surface area contributed by atoms with Gasteiger partial charge in [0.2, 0.25) is 0 Å². The van der Waals surface area contributed by atoms with Crippen molar-refractivity contribution in [2.75, 3.05) is 0 Å². The van der Waals surface area contributed by atoms with Gasteiger partial charge in [0.1, 0.15) is 11.7 Å². The maximum atomic E-state index is 6.35. The molecule has 1 aliphatic heterocycles. The molecule has 102 valence electrons. The number of ether oxygens (including phenoxy) is 2. The van der Waals surface area contributed by atoms with Crippen LogP contribution < -0.4 is 0 Å². The van der Waals surface area contributed by atoms with E-state index in [1.54, 1.807) is 5.57 Å². The zero-order chi connectivity index (χ0) is 13.4. The summed E-state index contributed by atoms with van der Waals surface area (Å²) in [6.45, 7) is 13.4. The molecule has 2 aliphatic carbocycles. The zero-order valence-electron chi connectivity index (χ0n) is 12.6. The summed E-state index contributed by atoms with van der Waals surface area (Å²) in [4.78, 5) is 0. The summed E-state index contributed by atoms with van der Waals surface area (Å²) in [5.74, 6) is -0.452. The summed E-state index contributed by atoms with van der Waals surface area (Å²) in [6, 6.07) is 0. The van der Waals surface area contributed by atoms with E-state index < -0.39 is 5.79 Å². The van der Waals surface area contributed by atoms with Gasteiger partial charge in [0.25, 0.3) is 0 Å². The minimum Gasteiger partial charge on any atom is -0.340 e. The first kappa shape index (κ1) is 12.7. The average molecular weight is 250 g/mol. The number of rotatable bonds is 0. The van der Waals surface area contributed by atoms with Crippen LogP contribution >= 0.6 is 0 Å². The number of hydrogen-bond acceptors (Lipinski definition) is 2. The normalized spacial score (nSPS) is 48.6. The first-order valence-electron chi connectivity index (χ1n) is 7.22. The fraction of sp³-hybridized carbons (Fsp3) is 0.875. The molecule has 0 aromatic rings. The van der Waals surface area contributed by atoms with Crippen molar-refractivity contribution in [2.24, 2.45) is 10.8 Å². The second-order valence-corrected chi connectivity index (χ2v) is 7.80. The van der Waals surface area contributed by atoms with Crippen molar-refractivity contribution in [3.8, 4) is 0 Å². The summed E-state index contributed by atoms with van der Waals surface area (Å²) in [6.07, 6.45) is 6.26. The third-order valence-corrected chi connectivity index (χ3v) is 5.63. The first-order chi connectivity index (χ1) is 8.11. The van der Waals surface area contributed by atoms with Crippen molar-refractivity contribution < 1.29 is 9.47 Å². The topological polar surface area (TPSA) is 18.5 Å². The Balaban J connectivity index is 2.09. The molecule has 1 heterocycles. The molecule has 0 aromatic heterocycles. The molecule has 18 heavy (non-hydrogen) atoms. The van der Waals surface area contributed by atoms with Gasteiger partial charge in [0.05, 0.1) is 0 Å². The van der Waals surface area contributed by atoms with Crippen molar-refractivity contribution in [3.05, 3.63) is 11.6 Å². The summed E-state index contributed by atoms with van der Waals surface area (Å²) in [5.41, 5.74) is 1.79. The monoisotopic (exact) mass is 250 g/mol. The Morgan fingerprint density at radius 1 is 1.06 bits per heavy atom. The maximum absolute atomic E-state index is 6.35. The van der Waals surface area contributed by atoms with Gasteiger partial charge in [-0.25, -0.2) is 0 Å². The summed E-state index contributed by atoms with van der Waals surface area (Å²) >= 11 is 0. The van der Waals surface area contributed by atoms with Crippen LogP contribution in [-0.2, 0) is 9.47 Å². The van der Waals surface area contributed by atoms with E-state index in [4.69, 9.17) is 9.47 Å². The lowest BCUT2D eigenvalue weighted by Gasteiger charge is -2.50. The van der Waals surface area contributed by atoms with Crippen LogP contribution in [0.1, 0.15) is 60.8 Å². The minimum atomic E-state index is -0.452. The van der Waals surface area contributed by atoms with Gasteiger partial charge in [-0.15, -0.1) is 0 Å². The Kier molecular flexibility index (Phi) is 2.26. The van der Waals surface area contributed by atoms with Gasteiger partial charge in [-0.2, -0.15) is 0 Å². The molecule has 3 atom stereocenters. The van der Waals surface area contributed by atoms with Crippen molar-refractivity contribution >= 4 is 0 Å². The van der Waals surface area contributed by atoms with E-state index in [1.165, 1.54) is 19.3 Å². The highest BCUT2D eigenvalue weighted by molar-refractivity contribution is 5.38. The van der Waals surface area contributed by atoms with Crippen LogP contribution in [0.5, 0.6) is 0 Å². The second kappa shape index (κ2) is 3.21. The Labute approximate surface area is 111 Å². The molecule has 0 radical (unpaired) electrons. The molecule has 0 unspecified atom stereocenters. The lowest BCUT2D eigenvalue weighted by atomic mass is 9.57. The molecule has 1 saturated heterocycles. The van der Waals surface area contributed by atoms with E-state index in [0.29, 0.717) is 0 Å². The summed E-state index contributed by atoms with van der Waals surface area (Å²) < 4.78 is 12.5. The zero-order valence-corrected chi connectivity index (χ0v) is 12.6. The van der Waals surface area contributed by atoms with Gasteiger partial charge >= 0.3 is 0 Å². The molecular formula is C16H26O2. The molecular weight excluding hydrogens is 224 g/mol. The van der Waals surface area contributed by atoms with E-state index in [1.807, 2.05) is 13.8 Å². The van der Waals surface area contributed by atoms with Crippen LogP contribution in [0, 0.1) is 10.8 Å². The van der Waals surface area contributed by atoms with Crippen molar-refractivity contribution in [3.63, 3.8) is 0 Å². The molecule has 0 amide bonds. The Morgan fingerprint density at radius 3 is 2.39 bits per heavy atom. The molecule has 0 aromatic carbocycles. The number of hydrogen-bond donors (Lipinski definition) is 0. The fourth-order valence-corrected chi connectivity index (χ4v) is 4.61. The van der Waals surface area contributed by atoms with Crippen molar-refractivity contribution in [2.45, 2.75) is 78.3 Å². The first-order valence-corrected chi connectivity index (χ1v) is 7.22. The highest BCUT2D eigenvalue weighted by Gasteiger charge is 2.66. The van der Waals surface area contributed by atoms with Gasteiger partial charge in [-0.05, 0) is 39.0 Å². The summed E-state index contributed by atoms with van der Waals surface area (Å²) in [5, 5.41) is 0. The molecule has 0 N–H and O–H groups in total. The Morgan fingerprint density at radius 2 is 1.72 bits per heavy atom. The predicted octanol–water partition coefficient (Wildman–Crippen LogP) is 4.05. The molecule has 3 rings (SSSR count). The van der Waals surface area contributed by atoms with Crippen LogP contribution in [0.3, 0.4) is 0 Å². The fourth-order valence-electron chi connectivity index (χ4n) is 4.61. The van der Waals surface area contributed by atoms with Crippen LogP contribution in [0.25, 0.3) is 0 Å². The van der Waals surface area contributed by atoms with E-state index in [9.17, 15) is 0 Å². The molecule has 2 nitrogen and oxygen atoms in total. The predicted molar refractivity (Wildman–Crippen MR) is 72.3 cm³/mol. The molecule has 3 aliphatic rings. The maximum Gasteiger partial charge on any atom is 0.164 e. The molecule has 0 bridgehead atoms. The van der Waals surface area contributed by atoms with Gasteiger partial charge in [0, 0.05) is 5.41 Å². The SMILES string of the molecule is CC1(C)O[C@@H]2C=C3C(C)(C)CCC[C@@]3(C)[C@]2(C)O1. The minimum absolute atomic E-state index is 0.116. The lowest BCUT2D eigenvalue weighted by molar-refractivity contribution is -0.183. The molecule has 1 saturated carbocycles. The van der Waals surface area contributed by atoms with E-state index in [0.717, 1.165) is 0 Å². The summed E-state index contributed by atoms with van der Waals surface area (Å²) in [7, 11) is 0. The molecule has 2 heteroatoms. The average Bonchev–Trinajstić information content (AvgIpc) is 2.53. The van der Waals surface area contributed by atoms with Crippen LogP contribution in [0.15, 0.2) is 11.6 Å². The van der Waals surface area contributed by atoms with Crippen LogP contribution in [0.2, 0.25) is 0 Å². The number of fused-ring (bicyclic) bond motifs is 3. The van der Waals surface area contributed by atoms with E-state index >= 15 is 0 Å². The van der Waals surface area contributed by atoms with Gasteiger partial charge in [-0.3, -0.25) is 0 Å². The van der Waals surface area contributed by atoms with Gasteiger partial charge in [0.15, 0.2) is 5.79 Å². The van der Waals surface area contributed by atoms with Crippen molar-refractivity contribution in [1.82, 2.24) is 0 Å². The smallest absolute Gasteiger partial charge is 0.164 e. The Bertz CT molecular complexity index is 421. The lowest BCUT2D eigenvalue weighted by Crippen LogP contribution is -2.51. The molecule has 0 spiro atoms. The third-order valence-electron chi connectivity index (χ3n) is 5.63. The van der Waals surface area contributed by atoms with Crippen LogP contribution in [0.4, 0.5) is 0 Å². The van der Waals surface area contributed by atoms with Gasteiger partial charge in [-0.1, -0.05) is 38.8 Å². The second-order valence-electron chi connectivity index (χ2n) is 7.80. The highest BCUT2D eigenvalue weighted by atomic mass is 16.8. The quantitative estimate of drug-likeness (QED) is 0.604. The highest BCUT2D eigenvalue weighted by Crippen LogP contribution is 2.64. The van der Waals surface area contributed by atoms with E-state index in [-0.39, 0.29) is 22.5 Å².